The van der Waals surface area contributed by atoms with Crippen LogP contribution in [0.3, 0.4) is 0 Å². The number of hydrogen-bond acceptors (Lipinski definition) is 3. The zero-order valence-corrected chi connectivity index (χ0v) is 12.1. The average Bonchev–Trinajstić information content (AvgIpc) is 2.85. The molecule has 0 aliphatic carbocycles. The van der Waals surface area contributed by atoms with Crippen molar-refractivity contribution in [1.29, 1.82) is 0 Å². The smallest absolute Gasteiger partial charge is 0.0389 e. The molecular weight excluding hydrogens is 240 g/mol. The van der Waals surface area contributed by atoms with E-state index in [1.54, 1.807) is 0 Å². The number of thioether (sulfide) groups is 1. The fourth-order valence-electron chi connectivity index (χ4n) is 3.32. The minimum absolute atomic E-state index is 0.638. The maximum absolute atomic E-state index is 2.68. The van der Waals surface area contributed by atoms with Gasteiger partial charge < -0.3 is 4.90 Å². The second-order valence-corrected chi connectivity index (χ2v) is 6.37. The summed E-state index contributed by atoms with van der Waals surface area (Å²) in [6.45, 7) is 6.11. The molecule has 2 unspecified atom stereocenters. The first kappa shape index (κ1) is 12.4. The van der Waals surface area contributed by atoms with Crippen molar-refractivity contribution < 1.29 is 0 Å². The lowest BCUT2D eigenvalue weighted by Gasteiger charge is -2.43. The summed E-state index contributed by atoms with van der Waals surface area (Å²) in [5.74, 6) is 0. The molecule has 2 aliphatic heterocycles. The molecule has 2 saturated heterocycles. The van der Waals surface area contributed by atoms with Gasteiger partial charge >= 0.3 is 0 Å². The second-order valence-electron chi connectivity index (χ2n) is 5.49. The SMILES string of the molecule is CSc1ccc(N2CC3CCCN3CC2C)cc1. The molecule has 2 atom stereocenters. The van der Waals surface area contributed by atoms with E-state index in [4.69, 9.17) is 0 Å². The van der Waals surface area contributed by atoms with Gasteiger partial charge in [0.1, 0.15) is 0 Å². The van der Waals surface area contributed by atoms with E-state index in [9.17, 15) is 0 Å². The molecule has 2 heterocycles. The van der Waals surface area contributed by atoms with E-state index in [2.05, 4.69) is 47.2 Å². The predicted molar refractivity (Wildman–Crippen MR) is 79.6 cm³/mol. The summed E-state index contributed by atoms with van der Waals surface area (Å²) in [6.07, 6.45) is 4.90. The first-order chi connectivity index (χ1) is 8.78. The monoisotopic (exact) mass is 262 g/mol. The van der Waals surface area contributed by atoms with Crippen molar-refractivity contribution in [2.75, 3.05) is 30.8 Å². The molecule has 2 fully saturated rings. The largest absolute Gasteiger partial charge is 0.366 e. The van der Waals surface area contributed by atoms with Crippen LogP contribution in [0.5, 0.6) is 0 Å². The third-order valence-corrected chi connectivity index (χ3v) is 5.08. The first-order valence-electron chi connectivity index (χ1n) is 6.92. The van der Waals surface area contributed by atoms with E-state index in [0.29, 0.717) is 6.04 Å². The summed E-state index contributed by atoms with van der Waals surface area (Å²) in [6, 6.07) is 10.5. The maximum Gasteiger partial charge on any atom is 0.0389 e. The van der Waals surface area contributed by atoms with Gasteiger partial charge in [-0.05, 0) is 56.8 Å². The summed E-state index contributed by atoms with van der Waals surface area (Å²) < 4.78 is 0. The van der Waals surface area contributed by atoms with Crippen LogP contribution in [-0.4, -0.2) is 42.9 Å². The number of fused-ring (bicyclic) bond motifs is 1. The lowest BCUT2D eigenvalue weighted by Crippen LogP contribution is -2.55. The third kappa shape index (κ3) is 2.26. The van der Waals surface area contributed by atoms with Gasteiger partial charge in [-0.25, -0.2) is 0 Å². The predicted octanol–water partition coefficient (Wildman–Crippen LogP) is 3.08. The van der Waals surface area contributed by atoms with E-state index < -0.39 is 0 Å². The Labute approximate surface area is 114 Å². The topological polar surface area (TPSA) is 6.48 Å². The van der Waals surface area contributed by atoms with Crippen molar-refractivity contribution >= 4 is 17.4 Å². The zero-order chi connectivity index (χ0) is 12.5. The molecule has 0 aromatic heterocycles. The maximum atomic E-state index is 2.68. The van der Waals surface area contributed by atoms with Gasteiger partial charge in [-0.2, -0.15) is 0 Å². The van der Waals surface area contributed by atoms with E-state index in [0.717, 1.165) is 6.04 Å². The Morgan fingerprint density at radius 1 is 1.17 bits per heavy atom. The van der Waals surface area contributed by atoms with Crippen LogP contribution < -0.4 is 4.90 Å². The van der Waals surface area contributed by atoms with Crippen LogP contribution >= 0.6 is 11.8 Å². The van der Waals surface area contributed by atoms with Crippen LogP contribution in [-0.2, 0) is 0 Å². The summed E-state index contributed by atoms with van der Waals surface area (Å²) in [5, 5.41) is 0. The third-order valence-electron chi connectivity index (χ3n) is 4.34. The van der Waals surface area contributed by atoms with Gasteiger partial charge in [0.25, 0.3) is 0 Å². The summed E-state index contributed by atoms with van der Waals surface area (Å²) in [7, 11) is 0. The molecule has 98 valence electrons. The molecule has 0 N–H and O–H groups in total. The highest BCUT2D eigenvalue weighted by Gasteiger charge is 2.34. The number of anilines is 1. The van der Waals surface area contributed by atoms with Crippen LogP contribution in [0.2, 0.25) is 0 Å². The molecule has 18 heavy (non-hydrogen) atoms. The molecule has 0 saturated carbocycles. The van der Waals surface area contributed by atoms with Crippen molar-refractivity contribution in [3.05, 3.63) is 24.3 Å². The highest BCUT2D eigenvalue weighted by Crippen LogP contribution is 2.29. The summed E-state index contributed by atoms with van der Waals surface area (Å²) in [5.41, 5.74) is 1.40. The highest BCUT2D eigenvalue weighted by molar-refractivity contribution is 7.98. The van der Waals surface area contributed by atoms with Crippen molar-refractivity contribution in [1.82, 2.24) is 4.90 Å². The number of piperazine rings is 1. The van der Waals surface area contributed by atoms with Gasteiger partial charge in [-0.15, -0.1) is 11.8 Å². The van der Waals surface area contributed by atoms with Crippen LogP contribution in [0.1, 0.15) is 19.8 Å². The lowest BCUT2D eigenvalue weighted by molar-refractivity contribution is 0.203. The molecule has 0 amide bonds. The minimum Gasteiger partial charge on any atom is -0.366 e. The van der Waals surface area contributed by atoms with E-state index in [-0.39, 0.29) is 0 Å². The van der Waals surface area contributed by atoms with Crippen LogP contribution in [0, 0.1) is 0 Å². The van der Waals surface area contributed by atoms with Crippen LogP contribution in [0.25, 0.3) is 0 Å². The quantitative estimate of drug-likeness (QED) is 0.756. The molecule has 0 bridgehead atoms. The highest BCUT2D eigenvalue weighted by atomic mass is 32.2. The van der Waals surface area contributed by atoms with Crippen molar-refractivity contribution in [3.8, 4) is 0 Å². The Bertz CT molecular complexity index is 403. The van der Waals surface area contributed by atoms with Gasteiger partial charge in [0.2, 0.25) is 0 Å². The summed E-state index contributed by atoms with van der Waals surface area (Å²) >= 11 is 1.81. The number of rotatable bonds is 2. The molecule has 0 spiro atoms. The van der Waals surface area contributed by atoms with Crippen molar-refractivity contribution in [2.24, 2.45) is 0 Å². The van der Waals surface area contributed by atoms with Crippen molar-refractivity contribution in [3.63, 3.8) is 0 Å². The van der Waals surface area contributed by atoms with Crippen LogP contribution in [0.15, 0.2) is 29.2 Å². The molecule has 0 radical (unpaired) electrons. The Morgan fingerprint density at radius 2 is 1.94 bits per heavy atom. The fourth-order valence-corrected chi connectivity index (χ4v) is 3.73. The molecule has 1 aromatic carbocycles. The zero-order valence-electron chi connectivity index (χ0n) is 11.3. The van der Waals surface area contributed by atoms with Gasteiger partial charge in [0.05, 0.1) is 0 Å². The fraction of sp³-hybridized carbons (Fsp3) is 0.600. The Morgan fingerprint density at radius 3 is 2.67 bits per heavy atom. The second kappa shape index (κ2) is 5.14. The Balaban J connectivity index is 1.77. The van der Waals surface area contributed by atoms with E-state index >= 15 is 0 Å². The number of benzene rings is 1. The number of nitrogens with zero attached hydrogens (tertiary/aromatic N) is 2. The normalized spacial score (nSPS) is 28.4. The number of hydrogen-bond donors (Lipinski definition) is 0. The standard InChI is InChI=1S/C15H22N2S/c1-12-10-16-9-3-4-14(16)11-17(12)13-5-7-15(18-2)8-6-13/h5-8,12,14H,3-4,9-11H2,1-2H3. The molecule has 3 heteroatoms. The Hall–Kier alpha value is -0.670. The van der Waals surface area contributed by atoms with Gasteiger partial charge in [-0.3, -0.25) is 4.90 Å². The van der Waals surface area contributed by atoms with E-state index in [1.807, 2.05) is 11.8 Å². The molecular formula is C15H22N2S. The van der Waals surface area contributed by atoms with Crippen molar-refractivity contribution in [2.45, 2.75) is 36.7 Å². The van der Waals surface area contributed by atoms with Crippen LogP contribution in [0.4, 0.5) is 5.69 Å². The van der Waals surface area contributed by atoms with E-state index in [1.165, 1.54) is 43.1 Å². The molecule has 3 rings (SSSR count). The molecule has 2 aliphatic rings. The lowest BCUT2D eigenvalue weighted by atomic mass is 10.1. The molecule has 2 nitrogen and oxygen atoms in total. The minimum atomic E-state index is 0.638. The van der Waals surface area contributed by atoms with Gasteiger partial charge in [-0.1, -0.05) is 0 Å². The average molecular weight is 262 g/mol. The summed E-state index contributed by atoms with van der Waals surface area (Å²) in [4.78, 5) is 6.62. The molecule has 1 aromatic rings. The van der Waals surface area contributed by atoms with Gasteiger partial charge in [0.15, 0.2) is 0 Å². The Kier molecular flexibility index (Phi) is 3.53. The first-order valence-corrected chi connectivity index (χ1v) is 8.15. The van der Waals surface area contributed by atoms with Gasteiger partial charge in [0, 0.05) is 35.8 Å².